The van der Waals surface area contributed by atoms with Crippen LogP contribution in [0.1, 0.15) is 113 Å². The number of nitrogens with one attached hydrogen (secondary N) is 2. The van der Waals surface area contributed by atoms with E-state index >= 15 is 0 Å². The molecule has 4 heterocycles. The molecular weight excluding hydrogens is 1250 g/mol. The molecule has 0 radical (unpaired) electrons. The summed E-state index contributed by atoms with van der Waals surface area (Å²) in [4.78, 5) is 74.5. The van der Waals surface area contributed by atoms with E-state index in [1.165, 1.54) is 78.9 Å². The molecule has 0 spiro atoms. The van der Waals surface area contributed by atoms with Crippen LogP contribution < -0.4 is 21.9 Å². The van der Waals surface area contributed by atoms with E-state index in [1.54, 1.807) is 80.6 Å². The lowest BCUT2D eigenvalue weighted by Gasteiger charge is -2.13. The normalized spacial score (nSPS) is 15.6. The third-order valence-corrected chi connectivity index (χ3v) is 17.9. The van der Waals surface area contributed by atoms with Gasteiger partial charge in [0.1, 0.15) is 22.8 Å². The molecule has 7 aliphatic rings. The van der Waals surface area contributed by atoms with Crippen molar-refractivity contribution in [1.82, 2.24) is 19.6 Å². The number of nitrogen functional groups attached to an aromatic ring is 1. The van der Waals surface area contributed by atoms with Gasteiger partial charge in [-0.3, -0.25) is 29.6 Å². The number of para-hydroxylation sites is 3. The number of aromatic hydroxyl groups is 3. The zero-order chi connectivity index (χ0) is 69.1. The monoisotopic (exact) mass is 1320 g/mol. The highest BCUT2D eigenvalue weighted by molar-refractivity contribution is 6.38. The Morgan fingerprint density at radius 2 is 0.949 bits per heavy atom. The molecule has 5 aliphatic carbocycles. The maximum absolute atomic E-state index is 13.0. The lowest BCUT2D eigenvalue weighted by atomic mass is 10.0. The van der Waals surface area contributed by atoms with E-state index in [1.807, 2.05) is 37.3 Å². The number of hydrogen-bond acceptors (Lipinski definition) is 16. The van der Waals surface area contributed by atoms with Gasteiger partial charge in [0.05, 0.1) is 40.6 Å². The average Bonchev–Trinajstić information content (AvgIpc) is 1.60. The summed E-state index contributed by atoms with van der Waals surface area (Å²) in [5, 5.41) is 86.6. The third kappa shape index (κ3) is 13.8. The molecule has 0 saturated carbocycles. The first-order valence-corrected chi connectivity index (χ1v) is 31.9. The SMILES string of the molecule is CC1=NN(c2ccc3c(c2)CCC3)C(=O)C1.Cc1[nH]n(-c2ccc3c(c2)CCC3)c(=O)c1N=Nc1cccc(C2=CCC(C(=O)O)=C2)c1O.Cc1[nH]n(-c2ccc3c(c2)CCC3)c(=O)c1N=Nc1cccc(C2=CCC(C(=O)O)=C2)c1O.Nc1cccc(C2=CN=C(C(=O)O)C2)c1O. The highest BCUT2D eigenvalue weighted by Crippen LogP contribution is 2.41. The molecule has 0 saturated heterocycles. The molecule has 2 aromatic heterocycles. The van der Waals surface area contributed by atoms with Crippen LogP contribution in [0.25, 0.3) is 28.1 Å². The van der Waals surface area contributed by atoms with Crippen molar-refractivity contribution in [1.29, 1.82) is 0 Å². The number of phenolic OH excluding ortho intramolecular Hbond substituents is 3. The molecule has 24 heteroatoms. The zero-order valence-electron chi connectivity index (χ0n) is 53.7. The highest BCUT2D eigenvalue weighted by atomic mass is 16.4. The summed E-state index contributed by atoms with van der Waals surface area (Å²) in [6, 6.07) is 33.2. The number of aryl methyl sites for hydroxylation is 8. The van der Waals surface area contributed by atoms with Gasteiger partial charge in [0, 0.05) is 46.2 Å². The van der Waals surface area contributed by atoms with Crippen LogP contribution in [0.2, 0.25) is 0 Å². The molecule has 15 rings (SSSR count). The predicted octanol–water partition coefficient (Wildman–Crippen LogP) is 13.3. The number of amides is 1. The number of carbonyl (C=O) groups is 4. The first kappa shape index (κ1) is 65.7. The van der Waals surface area contributed by atoms with Crippen molar-refractivity contribution in [3.8, 4) is 28.6 Å². The van der Waals surface area contributed by atoms with Crippen molar-refractivity contribution in [3.05, 3.63) is 233 Å². The molecule has 10 N–H and O–H groups in total. The maximum atomic E-state index is 13.0. The molecule has 1 amide bonds. The molecule has 24 nitrogen and oxygen atoms in total. The molecule has 98 heavy (non-hydrogen) atoms. The Balaban J connectivity index is 0.000000131. The van der Waals surface area contributed by atoms with Gasteiger partial charge in [-0.05, 0) is 208 Å². The number of carboxylic acids is 3. The van der Waals surface area contributed by atoms with Crippen LogP contribution in [-0.2, 0) is 57.7 Å². The summed E-state index contributed by atoms with van der Waals surface area (Å²) < 4.78 is 2.92. The molecule has 8 aromatic rings. The third-order valence-electron chi connectivity index (χ3n) is 17.9. The van der Waals surface area contributed by atoms with Crippen LogP contribution in [0, 0.1) is 13.8 Å². The Bertz CT molecular complexity index is 4840. The number of carbonyl (C=O) groups excluding carboxylic acids is 1. The number of hydrazone groups is 1. The van der Waals surface area contributed by atoms with E-state index in [2.05, 4.69) is 65.0 Å². The van der Waals surface area contributed by atoms with Crippen molar-refractivity contribution < 1.29 is 49.8 Å². The van der Waals surface area contributed by atoms with Crippen molar-refractivity contribution in [2.24, 2.45) is 30.6 Å². The van der Waals surface area contributed by atoms with Gasteiger partial charge in [0.15, 0.2) is 22.9 Å². The van der Waals surface area contributed by atoms with E-state index in [0.29, 0.717) is 64.1 Å². The number of allylic oxidation sites excluding steroid dienone is 7. The number of azo groups is 2. The number of aliphatic imine (C=N–C) groups is 1. The van der Waals surface area contributed by atoms with Crippen LogP contribution in [0.15, 0.2) is 191 Å². The average molecular weight is 1320 g/mol. The highest BCUT2D eigenvalue weighted by Gasteiger charge is 2.26. The lowest BCUT2D eigenvalue weighted by molar-refractivity contribution is -0.133. The lowest BCUT2D eigenvalue weighted by Crippen LogP contribution is -2.19. The van der Waals surface area contributed by atoms with E-state index in [4.69, 9.17) is 21.1 Å². The predicted molar refractivity (Wildman–Crippen MR) is 371 cm³/mol. The number of aromatic nitrogens is 4. The molecule has 0 fully saturated rings. The Morgan fingerprint density at radius 1 is 0.510 bits per heavy atom. The van der Waals surface area contributed by atoms with Crippen LogP contribution >= 0.6 is 0 Å². The molecular formula is C74H68N12O12. The number of phenols is 3. The number of nitrogens with zero attached hydrogens (tertiary/aromatic N) is 9. The molecule has 496 valence electrons. The second-order valence-electron chi connectivity index (χ2n) is 24.5. The summed E-state index contributed by atoms with van der Waals surface area (Å²) in [5.74, 6) is -3.22. The number of nitrogens with two attached hydrogens (primary N) is 1. The molecule has 0 atom stereocenters. The topological polar surface area (TPSA) is 369 Å². The fourth-order valence-corrected chi connectivity index (χ4v) is 12.7. The van der Waals surface area contributed by atoms with Gasteiger partial charge in [-0.1, -0.05) is 66.7 Å². The maximum Gasteiger partial charge on any atom is 0.350 e. The van der Waals surface area contributed by atoms with Crippen LogP contribution in [0.4, 0.5) is 34.1 Å². The molecule has 2 aliphatic heterocycles. The van der Waals surface area contributed by atoms with E-state index in [0.717, 1.165) is 67.7 Å². The summed E-state index contributed by atoms with van der Waals surface area (Å²) in [6.07, 6.45) is 19.2. The summed E-state index contributed by atoms with van der Waals surface area (Å²) in [7, 11) is 0. The zero-order valence-corrected chi connectivity index (χ0v) is 53.7. The number of aromatic amines is 2. The second-order valence-corrected chi connectivity index (χ2v) is 24.5. The van der Waals surface area contributed by atoms with Gasteiger partial charge in [-0.15, -0.1) is 20.5 Å². The van der Waals surface area contributed by atoms with Gasteiger partial charge in [0.25, 0.3) is 17.0 Å². The second kappa shape index (κ2) is 27.9. The van der Waals surface area contributed by atoms with E-state index in [-0.39, 0.29) is 86.0 Å². The summed E-state index contributed by atoms with van der Waals surface area (Å²) >= 11 is 0. The van der Waals surface area contributed by atoms with Crippen molar-refractivity contribution >= 4 is 86.1 Å². The summed E-state index contributed by atoms with van der Waals surface area (Å²) in [6.45, 7) is 5.39. The molecule has 6 aromatic carbocycles. The standard InChI is InChI=1S/2C25H22N4O4.C13H14N2O.C11H10N2O3/c2*1-14-22(24(31)29(28-14)19-11-10-15-4-2-5-16(15)13-19)27-26-21-7-3-6-20(23(21)30)17-8-9-18(12-17)25(32)33;1-9-7-13(16)15(14-9)12-6-5-10-3-2-4-11(10)8-12;12-8-3-1-2-7(10(8)14)6-4-9(11(15)16)13-5-6/h2*3,6-8,10-13,28,30H,2,4-5,9H2,1H3,(H,32,33);5-6,8H,2-4,7H2,1H3;1-3,5,14H,4,12H2,(H,15,16). The number of aliphatic carboxylic acids is 3. The van der Waals surface area contributed by atoms with Crippen molar-refractivity contribution in [3.63, 3.8) is 0 Å². The van der Waals surface area contributed by atoms with Crippen LogP contribution in [0.3, 0.4) is 0 Å². The quantitative estimate of drug-likeness (QED) is 0.0295. The Labute approximate surface area is 560 Å². The van der Waals surface area contributed by atoms with E-state index < -0.39 is 17.9 Å². The summed E-state index contributed by atoms with van der Waals surface area (Å²) in [5.41, 5.74) is 22.2. The number of anilines is 2. The van der Waals surface area contributed by atoms with Gasteiger partial charge in [0.2, 0.25) is 0 Å². The largest absolute Gasteiger partial charge is 0.505 e. The van der Waals surface area contributed by atoms with Crippen molar-refractivity contribution in [2.45, 2.75) is 104 Å². The van der Waals surface area contributed by atoms with Crippen LogP contribution in [0.5, 0.6) is 17.2 Å². The number of rotatable bonds is 13. The minimum Gasteiger partial charge on any atom is -0.505 e. The molecule has 0 unspecified atom stereocenters. The first-order valence-electron chi connectivity index (χ1n) is 31.9. The molecule has 0 bridgehead atoms. The van der Waals surface area contributed by atoms with Gasteiger partial charge >= 0.3 is 17.9 Å². The number of H-pyrrole nitrogens is 2. The Morgan fingerprint density at radius 3 is 1.38 bits per heavy atom. The fourth-order valence-electron chi connectivity index (χ4n) is 12.7. The number of benzene rings is 6. The first-order chi connectivity index (χ1) is 47.2. The number of hydrogen-bond donors (Lipinski definition) is 9. The van der Waals surface area contributed by atoms with Gasteiger partial charge in [-0.2, -0.15) is 5.10 Å². The number of carboxylic acid groups (broad SMARTS) is 3. The minimum atomic E-state index is -1.05. The Kier molecular flexibility index (Phi) is 18.7. The van der Waals surface area contributed by atoms with E-state index in [9.17, 15) is 44.1 Å². The minimum absolute atomic E-state index is 0.0319. The van der Waals surface area contributed by atoms with Crippen molar-refractivity contribution in [2.75, 3.05) is 10.7 Å². The van der Waals surface area contributed by atoms with Gasteiger partial charge < -0.3 is 36.4 Å². The Hall–Kier alpha value is -12.3. The fraction of sp³-hybridized carbons (Fsp3) is 0.216. The smallest absolute Gasteiger partial charge is 0.350 e. The van der Waals surface area contributed by atoms with Crippen LogP contribution in [-0.4, -0.2) is 85.4 Å². The number of fused-ring (bicyclic) bond motifs is 3. The van der Waals surface area contributed by atoms with Gasteiger partial charge in [-0.25, -0.2) is 28.8 Å².